The molecule has 0 aliphatic rings. The second-order valence-corrected chi connectivity index (χ2v) is 5.55. The third kappa shape index (κ3) is 7.35. The summed E-state index contributed by atoms with van der Waals surface area (Å²) in [6.45, 7) is 6.44. The average molecular weight is 205 g/mol. The van der Waals surface area contributed by atoms with E-state index in [1.807, 2.05) is 18.7 Å². The highest BCUT2D eigenvalue weighted by atomic mass is 32.2. The molecule has 0 amide bonds. The molecule has 0 bridgehead atoms. The Bertz CT molecular complexity index is 128. The van der Waals surface area contributed by atoms with E-state index in [-0.39, 0.29) is 12.1 Å². The van der Waals surface area contributed by atoms with E-state index in [0.29, 0.717) is 0 Å². The van der Waals surface area contributed by atoms with E-state index in [1.54, 1.807) is 0 Å². The first-order valence-corrected chi connectivity index (χ1v) is 6.08. The molecule has 0 fully saturated rings. The van der Waals surface area contributed by atoms with Crippen molar-refractivity contribution in [3.8, 4) is 0 Å². The highest BCUT2D eigenvalue weighted by Gasteiger charge is 2.15. The van der Waals surface area contributed by atoms with Crippen molar-refractivity contribution < 1.29 is 5.11 Å². The van der Waals surface area contributed by atoms with Crippen molar-refractivity contribution >= 4 is 11.8 Å². The molecule has 0 aromatic carbocycles. The highest BCUT2D eigenvalue weighted by Crippen LogP contribution is 2.17. The van der Waals surface area contributed by atoms with Gasteiger partial charge in [0.25, 0.3) is 0 Å². The van der Waals surface area contributed by atoms with Gasteiger partial charge in [-0.25, -0.2) is 0 Å². The van der Waals surface area contributed by atoms with Gasteiger partial charge in [-0.15, -0.1) is 0 Å². The van der Waals surface area contributed by atoms with Crippen molar-refractivity contribution in [1.82, 2.24) is 0 Å². The zero-order chi connectivity index (χ0) is 10.3. The van der Waals surface area contributed by atoms with Crippen LogP contribution in [0.3, 0.4) is 0 Å². The quantitative estimate of drug-likeness (QED) is 0.625. The third-order valence-corrected chi connectivity index (χ3v) is 3.66. The van der Waals surface area contributed by atoms with E-state index in [4.69, 9.17) is 10.8 Å². The van der Waals surface area contributed by atoms with Gasteiger partial charge in [-0.3, -0.25) is 0 Å². The van der Waals surface area contributed by atoms with Crippen LogP contribution in [0.1, 0.15) is 40.0 Å². The number of aliphatic hydroxyl groups is 1. The minimum atomic E-state index is -0.379. The maximum Gasteiger partial charge on any atom is 0.0608 e. The van der Waals surface area contributed by atoms with Crippen molar-refractivity contribution in [1.29, 1.82) is 0 Å². The third-order valence-electron chi connectivity index (χ3n) is 2.23. The number of hydrogen-bond donors (Lipinski definition) is 2. The second kappa shape index (κ2) is 6.68. The van der Waals surface area contributed by atoms with Crippen LogP contribution in [0.15, 0.2) is 0 Å². The molecule has 3 heteroatoms. The molecule has 0 aliphatic heterocycles. The Morgan fingerprint density at radius 1 is 1.54 bits per heavy atom. The Labute approximate surface area is 86.3 Å². The summed E-state index contributed by atoms with van der Waals surface area (Å²) in [6.07, 6.45) is 3.24. The molecule has 2 unspecified atom stereocenters. The number of rotatable bonds is 7. The molecule has 2 nitrogen and oxygen atoms in total. The summed E-state index contributed by atoms with van der Waals surface area (Å²) in [6, 6.07) is 0. The van der Waals surface area contributed by atoms with Gasteiger partial charge in [0.05, 0.1) is 6.61 Å². The smallest absolute Gasteiger partial charge is 0.0608 e. The van der Waals surface area contributed by atoms with Crippen molar-refractivity contribution in [2.75, 3.05) is 12.4 Å². The molecule has 0 rings (SSSR count). The number of nitrogens with two attached hydrogens (primary N) is 1. The first kappa shape index (κ1) is 13.3. The largest absolute Gasteiger partial charge is 0.394 e. The molecular weight excluding hydrogens is 182 g/mol. The molecule has 0 saturated carbocycles. The molecule has 0 saturated heterocycles. The minimum Gasteiger partial charge on any atom is -0.394 e. The fraction of sp³-hybridized carbons (Fsp3) is 1.00. The van der Waals surface area contributed by atoms with Gasteiger partial charge in [-0.1, -0.05) is 13.8 Å². The first-order chi connectivity index (χ1) is 6.02. The fourth-order valence-corrected chi connectivity index (χ4v) is 1.91. The molecule has 80 valence electrons. The van der Waals surface area contributed by atoms with Gasteiger partial charge in [0.2, 0.25) is 0 Å². The van der Waals surface area contributed by atoms with Gasteiger partial charge in [0.15, 0.2) is 0 Å². The molecular formula is C10H23NOS. The maximum atomic E-state index is 8.92. The van der Waals surface area contributed by atoms with Gasteiger partial charge in [-0.2, -0.15) is 11.8 Å². The maximum absolute atomic E-state index is 8.92. The summed E-state index contributed by atoms with van der Waals surface area (Å²) < 4.78 is 0. The topological polar surface area (TPSA) is 46.2 Å². The van der Waals surface area contributed by atoms with Crippen LogP contribution >= 0.6 is 11.8 Å². The van der Waals surface area contributed by atoms with Crippen LogP contribution in [0.4, 0.5) is 0 Å². The normalized spacial score (nSPS) is 18.2. The summed E-state index contributed by atoms with van der Waals surface area (Å²) in [7, 11) is 0. The van der Waals surface area contributed by atoms with Crippen LogP contribution in [0.5, 0.6) is 0 Å². The molecule has 0 spiro atoms. The minimum absolute atomic E-state index is 0.0843. The fourth-order valence-electron chi connectivity index (χ4n) is 0.957. The Morgan fingerprint density at radius 3 is 2.62 bits per heavy atom. The number of aliphatic hydroxyl groups excluding tert-OH is 1. The lowest BCUT2D eigenvalue weighted by Crippen LogP contribution is -2.40. The van der Waals surface area contributed by atoms with Crippen LogP contribution < -0.4 is 5.73 Å². The second-order valence-electron chi connectivity index (χ2n) is 4.01. The summed E-state index contributed by atoms with van der Waals surface area (Å²) in [4.78, 5) is 0. The van der Waals surface area contributed by atoms with Gasteiger partial charge in [0, 0.05) is 10.8 Å². The first-order valence-electron chi connectivity index (χ1n) is 5.03. The van der Waals surface area contributed by atoms with Crippen molar-refractivity contribution in [3.05, 3.63) is 0 Å². The summed E-state index contributed by atoms with van der Waals surface area (Å²) in [5.41, 5.74) is 5.43. The summed E-state index contributed by atoms with van der Waals surface area (Å²) in [5.74, 6) is 1.15. The van der Waals surface area contributed by atoms with Crippen molar-refractivity contribution in [2.45, 2.75) is 50.8 Å². The lowest BCUT2D eigenvalue weighted by atomic mass is 9.99. The molecule has 0 heterocycles. The Hall–Kier alpha value is 0.270. The van der Waals surface area contributed by atoms with Crippen molar-refractivity contribution in [2.24, 2.45) is 5.73 Å². The molecule has 2 atom stereocenters. The lowest BCUT2D eigenvalue weighted by Gasteiger charge is -2.21. The Morgan fingerprint density at radius 2 is 2.15 bits per heavy atom. The molecule has 13 heavy (non-hydrogen) atoms. The van der Waals surface area contributed by atoms with Gasteiger partial charge < -0.3 is 10.8 Å². The van der Waals surface area contributed by atoms with Crippen LogP contribution in [-0.4, -0.2) is 28.3 Å². The summed E-state index contributed by atoms with van der Waals surface area (Å²) in [5, 5.41) is 9.67. The highest BCUT2D eigenvalue weighted by molar-refractivity contribution is 7.99. The van der Waals surface area contributed by atoms with Crippen LogP contribution in [0, 0.1) is 0 Å². The SMILES string of the molecule is CCC(C)SCCCC(C)(N)CO. The Balaban J connectivity index is 3.35. The van der Waals surface area contributed by atoms with Crippen LogP contribution in [-0.2, 0) is 0 Å². The molecule has 0 aliphatic carbocycles. The van der Waals surface area contributed by atoms with E-state index >= 15 is 0 Å². The average Bonchev–Trinajstić information content (AvgIpc) is 2.12. The molecule has 0 aromatic heterocycles. The Kier molecular flexibility index (Phi) is 6.82. The predicted molar refractivity (Wildman–Crippen MR) is 61.1 cm³/mol. The molecule has 3 N–H and O–H groups in total. The standard InChI is InChI=1S/C10H23NOS/c1-4-9(2)13-7-5-6-10(3,11)8-12/h9,12H,4-8,11H2,1-3H3. The van der Waals surface area contributed by atoms with E-state index in [9.17, 15) is 0 Å². The van der Waals surface area contributed by atoms with E-state index in [2.05, 4.69) is 13.8 Å². The zero-order valence-electron chi connectivity index (χ0n) is 9.05. The molecule has 0 radical (unpaired) electrons. The lowest BCUT2D eigenvalue weighted by molar-refractivity contribution is 0.200. The van der Waals surface area contributed by atoms with E-state index in [1.165, 1.54) is 6.42 Å². The van der Waals surface area contributed by atoms with Crippen LogP contribution in [0.2, 0.25) is 0 Å². The van der Waals surface area contributed by atoms with E-state index in [0.717, 1.165) is 23.8 Å². The van der Waals surface area contributed by atoms with Gasteiger partial charge in [0.1, 0.15) is 0 Å². The van der Waals surface area contributed by atoms with E-state index < -0.39 is 0 Å². The zero-order valence-corrected chi connectivity index (χ0v) is 9.86. The molecule has 0 aromatic rings. The number of thioether (sulfide) groups is 1. The van der Waals surface area contributed by atoms with Crippen molar-refractivity contribution in [3.63, 3.8) is 0 Å². The van der Waals surface area contributed by atoms with Gasteiger partial charge >= 0.3 is 0 Å². The number of hydrogen-bond acceptors (Lipinski definition) is 3. The van der Waals surface area contributed by atoms with Crippen LogP contribution in [0.25, 0.3) is 0 Å². The predicted octanol–water partition coefficient (Wildman–Crippen LogP) is 2.01. The summed E-state index contributed by atoms with van der Waals surface area (Å²) >= 11 is 1.99. The monoisotopic (exact) mass is 205 g/mol. The van der Waals surface area contributed by atoms with Gasteiger partial charge in [-0.05, 0) is 31.9 Å².